The van der Waals surface area contributed by atoms with Crippen molar-refractivity contribution in [1.29, 1.82) is 0 Å². The summed E-state index contributed by atoms with van der Waals surface area (Å²) in [5.74, 6) is 3.63. The number of aromatic hydroxyl groups is 2. The molecular weight excluding hydrogens is 805 g/mol. The summed E-state index contributed by atoms with van der Waals surface area (Å²) in [6.07, 6.45) is -0.0136. The van der Waals surface area contributed by atoms with Gasteiger partial charge in [-0.25, -0.2) is 0 Å². The van der Waals surface area contributed by atoms with Crippen molar-refractivity contribution in [3.8, 4) is 23.0 Å². The van der Waals surface area contributed by atoms with Gasteiger partial charge in [-0.3, -0.25) is 0 Å². The third kappa shape index (κ3) is 8.68. The van der Waals surface area contributed by atoms with Crippen LogP contribution in [0.1, 0.15) is 181 Å². The maximum absolute atomic E-state index is 11.4. The highest BCUT2D eigenvalue weighted by molar-refractivity contribution is 5.65. The maximum Gasteiger partial charge on any atom is 0.229 e. The molecule has 8 N–H and O–H groups in total. The largest absolute Gasteiger partial charge is 0.504 e. The monoisotopic (exact) mass is 879 g/mol. The zero-order chi connectivity index (χ0) is 46.1. The summed E-state index contributed by atoms with van der Waals surface area (Å²) in [6.45, 7) is 22.8. The van der Waals surface area contributed by atoms with E-state index in [9.17, 15) is 40.9 Å². The molecule has 12 nitrogen and oxygen atoms in total. The quantitative estimate of drug-likeness (QED) is 0.133. The molecule has 2 fully saturated rings. The fraction of sp³-hybridized carbons (Fsp3) is 0.686. The van der Waals surface area contributed by atoms with Crippen LogP contribution >= 0.6 is 0 Å². The topological polar surface area (TPSA) is 199 Å². The minimum Gasteiger partial charge on any atom is -0.504 e. The molecule has 2 aromatic carbocycles. The number of allylic oxidation sites excluding steroid dienone is 4. The molecule has 0 saturated carbocycles. The number of benzene rings is 2. The van der Waals surface area contributed by atoms with Crippen molar-refractivity contribution in [2.75, 3.05) is 6.61 Å². The number of aliphatic hydroxyl groups excluding tert-OH is 6. The molecular formula is C51H74O12. The first-order valence-corrected chi connectivity index (χ1v) is 23.4. The Bertz CT molecular complexity index is 2070. The Labute approximate surface area is 373 Å². The van der Waals surface area contributed by atoms with Gasteiger partial charge in [0.15, 0.2) is 23.0 Å². The lowest BCUT2D eigenvalue weighted by Gasteiger charge is -2.44. The van der Waals surface area contributed by atoms with Gasteiger partial charge in [0.05, 0.1) is 12.7 Å². The van der Waals surface area contributed by atoms with Crippen LogP contribution in [0.2, 0.25) is 0 Å². The number of hydrogen-bond acceptors (Lipinski definition) is 12. The predicted molar refractivity (Wildman–Crippen MR) is 240 cm³/mol. The Balaban J connectivity index is 0.000000189. The van der Waals surface area contributed by atoms with Gasteiger partial charge >= 0.3 is 0 Å². The van der Waals surface area contributed by atoms with Crippen molar-refractivity contribution >= 4 is 0 Å². The molecule has 9 unspecified atom stereocenters. The van der Waals surface area contributed by atoms with Gasteiger partial charge in [-0.2, -0.15) is 0 Å². The molecule has 63 heavy (non-hydrogen) atoms. The number of hydrogen-bond donors (Lipinski definition) is 8. The number of phenols is 2. The van der Waals surface area contributed by atoms with Gasteiger partial charge in [0.1, 0.15) is 36.6 Å². The Kier molecular flexibility index (Phi) is 14.1. The molecule has 0 aromatic heterocycles. The van der Waals surface area contributed by atoms with E-state index in [1.165, 1.54) is 33.4 Å². The van der Waals surface area contributed by atoms with Gasteiger partial charge in [0, 0.05) is 23.0 Å². The lowest BCUT2D eigenvalue weighted by atomic mass is 9.62. The van der Waals surface area contributed by atoms with Crippen LogP contribution in [0, 0.1) is 25.7 Å². The highest BCUT2D eigenvalue weighted by Crippen LogP contribution is 2.60. The van der Waals surface area contributed by atoms with Crippen molar-refractivity contribution in [1.82, 2.24) is 0 Å². The fourth-order valence-corrected chi connectivity index (χ4v) is 12.1. The summed E-state index contributed by atoms with van der Waals surface area (Å²) in [6, 6.07) is 0. The van der Waals surface area contributed by atoms with Gasteiger partial charge in [-0.05, 0) is 156 Å². The highest BCUT2D eigenvalue weighted by atomic mass is 16.7. The van der Waals surface area contributed by atoms with Crippen molar-refractivity contribution in [3.05, 3.63) is 67.8 Å². The summed E-state index contributed by atoms with van der Waals surface area (Å²) < 4.78 is 23.3. The molecule has 2 aromatic rings. The molecule has 2 saturated heterocycles. The van der Waals surface area contributed by atoms with E-state index in [1.54, 1.807) is 6.92 Å². The number of ether oxygens (including phenoxy) is 4. The zero-order valence-electron chi connectivity index (χ0n) is 39.1. The van der Waals surface area contributed by atoms with Gasteiger partial charge in [-0.15, -0.1) is 0 Å². The highest BCUT2D eigenvalue weighted by Gasteiger charge is 2.47. The second kappa shape index (κ2) is 18.6. The van der Waals surface area contributed by atoms with E-state index >= 15 is 0 Å². The van der Waals surface area contributed by atoms with Gasteiger partial charge in [0.25, 0.3) is 0 Å². The average Bonchev–Trinajstić information content (AvgIpc) is 3.21. The molecule has 0 bridgehead atoms. The standard InChI is InChI=1S/C26H38O6.C25H36O6/c1-11(2)9-16-10-13(4)17-8-7-12(3)18-20(17)19(16)14(5)25(22(18)28)32-26-24(30)23(29)21(27)15(6)31-26;1-11(2)8-15-9-13(4)16-7-6-12(3)18-20(16)19(15)14(5)21(27)24(18)31-25-23(29)22(28)17(26)10-30-25/h9,12-13,15-17,21,23-24,26-30H,7-8,10H2,1-6H3;8,12-13,15-17,22-23,25-29H,6-7,9-10H2,1-5H3/t12-,13-,15?,16-,17+,21?,23?,24?,26?;12-,13-,15-,16+,17?,22?,23?,25?/m00/s1. The summed E-state index contributed by atoms with van der Waals surface area (Å²) in [4.78, 5) is 0. The molecule has 4 aliphatic carbocycles. The molecule has 350 valence electrons. The van der Waals surface area contributed by atoms with Crippen LogP contribution < -0.4 is 9.47 Å². The summed E-state index contributed by atoms with van der Waals surface area (Å²) in [5.41, 5.74) is 11.2. The van der Waals surface area contributed by atoms with Crippen molar-refractivity contribution in [2.24, 2.45) is 11.8 Å². The van der Waals surface area contributed by atoms with Crippen LogP contribution in [0.25, 0.3) is 0 Å². The van der Waals surface area contributed by atoms with E-state index < -0.39 is 55.3 Å². The van der Waals surface area contributed by atoms with Crippen LogP contribution in [0.3, 0.4) is 0 Å². The van der Waals surface area contributed by atoms with Crippen LogP contribution in [0.15, 0.2) is 23.3 Å². The SMILES string of the molecule is CC(C)=C[C@H]1C[C@H](C)[C@H]2CC[C@H](C)c3c(O)c(OC4OC(C)C(O)C(O)C4O)c(C)c1c32.CC(C)=C[C@H]1C[C@H](C)[C@H]2CC[C@H](C)c3c(OC4OCC(O)C(O)C4O)c(O)c(C)c1c32. The lowest BCUT2D eigenvalue weighted by Crippen LogP contribution is -2.58. The molecule has 2 aliphatic heterocycles. The molecule has 0 amide bonds. The Morgan fingerprint density at radius 2 is 1.03 bits per heavy atom. The lowest BCUT2D eigenvalue weighted by molar-refractivity contribution is -0.268. The predicted octanol–water partition coefficient (Wildman–Crippen LogP) is 7.57. The van der Waals surface area contributed by atoms with E-state index in [0.29, 0.717) is 35.2 Å². The van der Waals surface area contributed by atoms with Crippen LogP contribution in [0.5, 0.6) is 23.0 Å². The van der Waals surface area contributed by atoms with Crippen molar-refractivity contribution < 1.29 is 59.8 Å². The average molecular weight is 879 g/mol. The molecule has 17 atom stereocenters. The maximum atomic E-state index is 11.4. The third-order valence-electron chi connectivity index (χ3n) is 15.3. The second-order valence-corrected chi connectivity index (χ2v) is 20.6. The fourth-order valence-electron chi connectivity index (χ4n) is 12.1. The van der Waals surface area contributed by atoms with E-state index in [2.05, 4.69) is 67.5 Å². The van der Waals surface area contributed by atoms with E-state index in [1.807, 2.05) is 13.8 Å². The van der Waals surface area contributed by atoms with Gasteiger partial charge in [-0.1, -0.05) is 51.0 Å². The van der Waals surface area contributed by atoms with Gasteiger partial charge in [0.2, 0.25) is 12.6 Å². The van der Waals surface area contributed by atoms with Crippen LogP contribution in [-0.2, 0) is 9.47 Å². The number of aliphatic hydroxyl groups is 6. The number of rotatable bonds is 6. The Morgan fingerprint density at radius 3 is 1.59 bits per heavy atom. The Hall–Kier alpha value is -3.20. The zero-order valence-corrected chi connectivity index (χ0v) is 39.1. The van der Waals surface area contributed by atoms with Crippen LogP contribution in [-0.4, -0.2) is 103 Å². The Morgan fingerprint density at radius 1 is 0.540 bits per heavy atom. The summed E-state index contributed by atoms with van der Waals surface area (Å²) in [7, 11) is 0. The van der Waals surface area contributed by atoms with Gasteiger partial charge < -0.3 is 59.8 Å². The first-order valence-electron chi connectivity index (χ1n) is 23.4. The van der Waals surface area contributed by atoms with E-state index in [-0.39, 0.29) is 41.8 Å². The van der Waals surface area contributed by atoms with Crippen molar-refractivity contribution in [2.45, 2.75) is 206 Å². The normalized spacial score (nSPS) is 38.0. The first kappa shape index (κ1) is 47.8. The molecule has 6 aliphatic rings. The summed E-state index contributed by atoms with van der Waals surface area (Å²) >= 11 is 0. The molecule has 0 radical (unpaired) electrons. The summed E-state index contributed by atoms with van der Waals surface area (Å²) in [5, 5.41) is 83.6. The first-order chi connectivity index (χ1) is 29.6. The van der Waals surface area contributed by atoms with E-state index in [4.69, 9.17) is 18.9 Å². The molecule has 2 heterocycles. The molecule has 8 rings (SSSR count). The van der Waals surface area contributed by atoms with E-state index in [0.717, 1.165) is 60.8 Å². The minimum absolute atomic E-state index is 0.0828. The second-order valence-electron chi connectivity index (χ2n) is 20.6. The smallest absolute Gasteiger partial charge is 0.229 e. The molecule has 0 spiro atoms. The number of phenolic OH excluding ortho intramolecular Hbond substituents is 2. The third-order valence-corrected chi connectivity index (χ3v) is 15.3. The van der Waals surface area contributed by atoms with Crippen molar-refractivity contribution in [3.63, 3.8) is 0 Å². The van der Waals surface area contributed by atoms with Crippen LogP contribution in [0.4, 0.5) is 0 Å². The molecule has 12 heteroatoms. The minimum atomic E-state index is -1.42.